The summed E-state index contributed by atoms with van der Waals surface area (Å²) >= 11 is 0. The number of rotatable bonds is 7. The van der Waals surface area contributed by atoms with Crippen molar-refractivity contribution in [3.05, 3.63) is 24.5 Å². The first-order valence-corrected chi connectivity index (χ1v) is 6.69. The average Bonchev–Trinajstić information content (AvgIpc) is 2.39. The molecule has 1 aromatic heterocycles. The molecule has 0 aromatic carbocycles. The fourth-order valence-corrected chi connectivity index (χ4v) is 1.75. The number of aliphatic carboxylic acids is 1. The zero-order valence-corrected chi connectivity index (χ0v) is 11.8. The van der Waals surface area contributed by atoms with Crippen molar-refractivity contribution in [2.24, 2.45) is 5.92 Å². The minimum atomic E-state index is -0.778. The van der Waals surface area contributed by atoms with E-state index in [9.17, 15) is 9.59 Å². The molecule has 0 spiro atoms. The van der Waals surface area contributed by atoms with Gasteiger partial charge in [-0.15, -0.1) is 0 Å². The number of aromatic nitrogens is 1. The van der Waals surface area contributed by atoms with Gasteiger partial charge < -0.3 is 15.7 Å². The zero-order valence-electron chi connectivity index (χ0n) is 11.8. The number of carbonyl (C=O) groups is 2. The molecule has 1 rings (SSSR count). The number of carboxylic acids is 1. The maximum Gasteiger partial charge on any atom is 0.319 e. The molecule has 1 aromatic rings. The number of amides is 2. The Morgan fingerprint density at radius 3 is 2.70 bits per heavy atom. The Balaban J connectivity index is 2.23. The second-order valence-electron chi connectivity index (χ2n) is 4.91. The average molecular weight is 279 g/mol. The van der Waals surface area contributed by atoms with Gasteiger partial charge in [-0.25, -0.2) is 4.79 Å². The van der Waals surface area contributed by atoms with E-state index in [0.717, 1.165) is 12.8 Å². The van der Waals surface area contributed by atoms with Crippen LogP contribution in [-0.2, 0) is 4.79 Å². The number of anilines is 1. The quantitative estimate of drug-likeness (QED) is 0.715. The largest absolute Gasteiger partial charge is 0.481 e. The molecule has 0 saturated carbocycles. The number of hydrogen-bond acceptors (Lipinski definition) is 3. The standard InChI is InChI=1S/C14H21N3O3/c1-10(13(18)19)5-3-6-11(2)16-14(20)17-12-7-4-8-15-9-12/h4,7-11H,3,5-6H2,1-2H3,(H,18,19)(H2,16,17,20). The lowest BCUT2D eigenvalue weighted by Gasteiger charge is -2.15. The predicted molar refractivity (Wildman–Crippen MR) is 76.5 cm³/mol. The summed E-state index contributed by atoms with van der Waals surface area (Å²) in [4.78, 5) is 26.3. The van der Waals surface area contributed by atoms with Gasteiger partial charge in [0.1, 0.15) is 0 Å². The summed E-state index contributed by atoms with van der Waals surface area (Å²) in [6, 6.07) is 3.21. The maximum absolute atomic E-state index is 11.7. The van der Waals surface area contributed by atoms with Crippen molar-refractivity contribution in [2.45, 2.75) is 39.2 Å². The Morgan fingerprint density at radius 1 is 1.35 bits per heavy atom. The van der Waals surface area contributed by atoms with Gasteiger partial charge in [0.15, 0.2) is 0 Å². The second kappa shape index (κ2) is 8.14. The third kappa shape index (κ3) is 6.17. The van der Waals surface area contributed by atoms with Crippen LogP contribution in [0.25, 0.3) is 0 Å². The van der Waals surface area contributed by atoms with E-state index in [4.69, 9.17) is 5.11 Å². The molecule has 0 bridgehead atoms. The summed E-state index contributed by atoms with van der Waals surface area (Å²) in [7, 11) is 0. The van der Waals surface area contributed by atoms with Crippen molar-refractivity contribution in [3.63, 3.8) is 0 Å². The number of urea groups is 1. The Kier molecular flexibility index (Phi) is 6.49. The molecule has 3 N–H and O–H groups in total. The first kappa shape index (κ1) is 15.9. The van der Waals surface area contributed by atoms with Crippen molar-refractivity contribution >= 4 is 17.7 Å². The highest BCUT2D eigenvalue weighted by molar-refractivity contribution is 5.89. The van der Waals surface area contributed by atoms with E-state index in [1.165, 1.54) is 0 Å². The van der Waals surface area contributed by atoms with Crippen molar-refractivity contribution < 1.29 is 14.7 Å². The van der Waals surface area contributed by atoms with Crippen molar-refractivity contribution in [1.82, 2.24) is 10.3 Å². The number of pyridine rings is 1. The van der Waals surface area contributed by atoms with E-state index >= 15 is 0 Å². The van der Waals surface area contributed by atoms with Gasteiger partial charge in [0.2, 0.25) is 0 Å². The fourth-order valence-electron chi connectivity index (χ4n) is 1.75. The molecule has 0 saturated heterocycles. The molecule has 0 aliphatic carbocycles. The lowest BCUT2D eigenvalue weighted by Crippen LogP contribution is -2.36. The van der Waals surface area contributed by atoms with Crippen LogP contribution in [0.2, 0.25) is 0 Å². The van der Waals surface area contributed by atoms with Gasteiger partial charge in [-0.1, -0.05) is 13.3 Å². The smallest absolute Gasteiger partial charge is 0.319 e. The molecule has 0 radical (unpaired) electrons. The summed E-state index contributed by atoms with van der Waals surface area (Å²) in [6.45, 7) is 3.59. The molecule has 20 heavy (non-hydrogen) atoms. The highest BCUT2D eigenvalue weighted by Gasteiger charge is 2.12. The summed E-state index contributed by atoms with van der Waals surface area (Å²) in [5.41, 5.74) is 0.636. The van der Waals surface area contributed by atoms with E-state index in [2.05, 4.69) is 15.6 Å². The first-order chi connectivity index (χ1) is 9.49. The highest BCUT2D eigenvalue weighted by Crippen LogP contribution is 2.10. The van der Waals surface area contributed by atoms with E-state index in [1.807, 2.05) is 6.92 Å². The van der Waals surface area contributed by atoms with Gasteiger partial charge in [0.25, 0.3) is 0 Å². The summed E-state index contributed by atoms with van der Waals surface area (Å²) in [6.07, 6.45) is 5.33. The number of nitrogens with zero attached hydrogens (tertiary/aromatic N) is 1. The topological polar surface area (TPSA) is 91.3 Å². The van der Waals surface area contributed by atoms with Crippen LogP contribution in [-0.4, -0.2) is 28.1 Å². The third-order valence-corrected chi connectivity index (χ3v) is 2.99. The normalized spacial score (nSPS) is 13.3. The molecule has 0 aliphatic rings. The fraction of sp³-hybridized carbons (Fsp3) is 0.500. The Hall–Kier alpha value is -2.11. The molecule has 1 heterocycles. The first-order valence-electron chi connectivity index (χ1n) is 6.69. The highest BCUT2D eigenvalue weighted by atomic mass is 16.4. The molecule has 6 nitrogen and oxygen atoms in total. The molecule has 0 fully saturated rings. The molecule has 2 atom stereocenters. The van der Waals surface area contributed by atoms with Gasteiger partial charge >= 0.3 is 12.0 Å². The van der Waals surface area contributed by atoms with Crippen LogP contribution >= 0.6 is 0 Å². The Labute approximate surface area is 118 Å². The van der Waals surface area contributed by atoms with Gasteiger partial charge in [-0.05, 0) is 31.9 Å². The molecule has 110 valence electrons. The summed E-state index contributed by atoms with van der Waals surface area (Å²) in [5, 5.41) is 14.3. The second-order valence-corrected chi connectivity index (χ2v) is 4.91. The third-order valence-electron chi connectivity index (χ3n) is 2.99. The van der Waals surface area contributed by atoms with Crippen molar-refractivity contribution in [2.75, 3.05) is 5.32 Å². The van der Waals surface area contributed by atoms with Crippen LogP contribution in [0, 0.1) is 5.92 Å². The molecule has 0 aliphatic heterocycles. The molecular weight excluding hydrogens is 258 g/mol. The van der Waals surface area contributed by atoms with Gasteiger partial charge in [-0.3, -0.25) is 9.78 Å². The summed E-state index contributed by atoms with van der Waals surface area (Å²) < 4.78 is 0. The lowest BCUT2D eigenvalue weighted by molar-refractivity contribution is -0.141. The van der Waals surface area contributed by atoms with Crippen LogP contribution < -0.4 is 10.6 Å². The van der Waals surface area contributed by atoms with E-state index in [1.54, 1.807) is 31.5 Å². The van der Waals surface area contributed by atoms with Crippen molar-refractivity contribution in [3.8, 4) is 0 Å². The maximum atomic E-state index is 11.7. The van der Waals surface area contributed by atoms with Crippen LogP contribution in [0.3, 0.4) is 0 Å². The number of nitrogens with one attached hydrogen (secondary N) is 2. The minimum absolute atomic E-state index is 0.00679. The van der Waals surface area contributed by atoms with Crippen LogP contribution in [0.1, 0.15) is 33.1 Å². The predicted octanol–water partition coefficient (Wildman–Crippen LogP) is 2.48. The minimum Gasteiger partial charge on any atom is -0.481 e. The molecular formula is C14H21N3O3. The SMILES string of the molecule is CC(CCCC(C)C(=O)O)NC(=O)Nc1cccnc1. The van der Waals surface area contributed by atoms with Crippen molar-refractivity contribution in [1.29, 1.82) is 0 Å². The Bertz CT molecular complexity index is 437. The Morgan fingerprint density at radius 2 is 2.10 bits per heavy atom. The molecule has 6 heteroatoms. The van der Waals surface area contributed by atoms with Gasteiger partial charge in [-0.2, -0.15) is 0 Å². The zero-order chi connectivity index (χ0) is 15.0. The molecule has 2 amide bonds. The van der Waals surface area contributed by atoms with Gasteiger partial charge in [0, 0.05) is 12.2 Å². The van der Waals surface area contributed by atoms with E-state index in [0.29, 0.717) is 12.1 Å². The monoisotopic (exact) mass is 279 g/mol. The van der Waals surface area contributed by atoms with Crippen LogP contribution in [0.15, 0.2) is 24.5 Å². The number of carbonyl (C=O) groups excluding carboxylic acids is 1. The molecule has 2 unspecified atom stereocenters. The van der Waals surface area contributed by atoms with Crippen LogP contribution in [0.4, 0.5) is 10.5 Å². The lowest BCUT2D eigenvalue weighted by atomic mass is 10.0. The number of hydrogen-bond donors (Lipinski definition) is 3. The summed E-state index contributed by atoms with van der Waals surface area (Å²) in [5.74, 6) is -1.12. The van der Waals surface area contributed by atoms with Gasteiger partial charge in [0.05, 0.1) is 17.8 Å². The number of carboxylic acid groups (broad SMARTS) is 1. The van der Waals surface area contributed by atoms with Crippen LogP contribution in [0.5, 0.6) is 0 Å². The van der Waals surface area contributed by atoms with E-state index < -0.39 is 5.97 Å². The van der Waals surface area contributed by atoms with E-state index in [-0.39, 0.29) is 18.0 Å².